The van der Waals surface area contributed by atoms with E-state index >= 15 is 0 Å². The summed E-state index contributed by atoms with van der Waals surface area (Å²) in [6.07, 6.45) is 2.43. The van der Waals surface area contributed by atoms with Gasteiger partial charge in [0.05, 0.1) is 5.54 Å². The Hall–Kier alpha value is -1.68. The van der Waals surface area contributed by atoms with Crippen molar-refractivity contribution in [3.05, 3.63) is 47.1 Å². The van der Waals surface area contributed by atoms with Crippen molar-refractivity contribution in [2.75, 3.05) is 0 Å². The standard InChI is InChI=1S/C15H21N3O/c1-4-15(3,16)14-17-13(19-18-14)9-8-12-7-5-6-11(2)10-12/h5-7,10H,4,8-9,16H2,1-3H3. The maximum absolute atomic E-state index is 6.09. The van der Waals surface area contributed by atoms with Crippen molar-refractivity contribution in [3.8, 4) is 0 Å². The third-order valence-electron chi connectivity index (χ3n) is 3.42. The predicted molar refractivity (Wildman–Crippen MR) is 74.7 cm³/mol. The van der Waals surface area contributed by atoms with Crippen molar-refractivity contribution in [2.45, 2.75) is 45.6 Å². The third-order valence-corrected chi connectivity index (χ3v) is 3.42. The van der Waals surface area contributed by atoms with Gasteiger partial charge in [0.1, 0.15) is 0 Å². The van der Waals surface area contributed by atoms with Crippen LogP contribution in [0.1, 0.15) is 43.1 Å². The largest absolute Gasteiger partial charge is 0.339 e. The number of hydrogen-bond acceptors (Lipinski definition) is 4. The zero-order valence-electron chi connectivity index (χ0n) is 11.8. The molecule has 0 saturated heterocycles. The van der Waals surface area contributed by atoms with Crippen LogP contribution in [0.5, 0.6) is 0 Å². The molecule has 0 spiro atoms. The summed E-state index contributed by atoms with van der Waals surface area (Å²) in [4.78, 5) is 4.39. The van der Waals surface area contributed by atoms with Gasteiger partial charge in [-0.15, -0.1) is 0 Å². The van der Waals surface area contributed by atoms with Crippen molar-refractivity contribution in [2.24, 2.45) is 5.73 Å². The minimum absolute atomic E-state index is 0.509. The van der Waals surface area contributed by atoms with Crippen LogP contribution in [0.15, 0.2) is 28.8 Å². The summed E-state index contributed by atoms with van der Waals surface area (Å²) < 4.78 is 5.26. The molecular formula is C15H21N3O. The Labute approximate surface area is 114 Å². The van der Waals surface area contributed by atoms with Gasteiger partial charge in [-0.25, -0.2) is 0 Å². The summed E-state index contributed by atoms with van der Waals surface area (Å²) >= 11 is 0. The monoisotopic (exact) mass is 259 g/mol. The summed E-state index contributed by atoms with van der Waals surface area (Å²) in [5.41, 5.74) is 8.13. The molecule has 4 heteroatoms. The number of aromatic nitrogens is 2. The molecule has 4 nitrogen and oxygen atoms in total. The molecule has 2 rings (SSSR count). The van der Waals surface area contributed by atoms with Gasteiger partial charge in [0.25, 0.3) is 0 Å². The molecule has 0 amide bonds. The first-order valence-corrected chi connectivity index (χ1v) is 6.69. The molecule has 0 radical (unpaired) electrons. The Morgan fingerprint density at radius 2 is 2.11 bits per heavy atom. The van der Waals surface area contributed by atoms with Gasteiger partial charge in [-0.1, -0.05) is 41.9 Å². The highest BCUT2D eigenvalue weighted by Crippen LogP contribution is 2.18. The number of rotatable bonds is 5. The second-order valence-corrected chi connectivity index (χ2v) is 5.27. The van der Waals surface area contributed by atoms with E-state index in [2.05, 4.69) is 41.3 Å². The molecule has 19 heavy (non-hydrogen) atoms. The Morgan fingerprint density at radius 3 is 2.79 bits per heavy atom. The van der Waals surface area contributed by atoms with E-state index in [-0.39, 0.29) is 0 Å². The molecule has 2 N–H and O–H groups in total. The maximum Gasteiger partial charge on any atom is 0.227 e. The lowest BCUT2D eigenvalue weighted by molar-refractivity contribution is 0.352. The molecule has 102 valence electrons. The highest BCUT2D eigenvalue weighted by Gasteiger charge is 2.25. The van der Waals surface area contributed by atoms with Gasteiger partial charge in [0.15, 0.2) is 5.82 Å². The van der Waals surface area contributed by atoms with Crippen molar-refractivity contribution in [1.29, 1.82) is 0 Å². The Balaban J connectivity index is 2.01. The van der Waals surface area contributed by atoms with Crippen molar-refractivity contribution >= 4 is 0 Å². The lowest BCUT2D eigenvalue weighted by Gasteiger charge is -2.16. The van der Waals surface area contributed by atoms with Crippen LogP contribution in [-0.2, 0) is 18.4 Å². The molecule has 1 aromatic heterocycles. The quantitative estimate of drug-likeness (QED) is 0.896. The average molecular weight is 259 g/mol. The van der Waals surface area contributed by atoms with Gasteiger partial charge in [-0.05, 0) is 32.3 Å². The number of hydrogen-bond donors (Lipinski definition) is 1. The van der Waals surface area contributed by atoms with Crippen LogP contribution in [0.25, 0.3) is 0 Å². The smallest absolute Gasteiger partial charge is 0.227 e. The van der Waals surface area contributed by atoms with Crippen molar-refractivity contribution in [1.82, 2.24) is 10.1 Å². The van der Waals surface area contributed by atoms with E-state index < -0.39 is 5.54 Å². The average Bonchev–Trinajstić information content (AvgIpc) is 2.86. The molecule has 0 saturated carbocycles. The molecule has 0 fully saturated rings. The molecule has 0 bridgehead atoms. The van der Waals surface area contributed by atoms with E-state index in [1.54, 1.807) is 0 Å². The van der Waals surface area contributed by atoms with Crippen LogP contribution in [0, 0.1) is 6.92 Å². The summed E-state index contributed by atoms with van der Waals surface area (Å²) in [5.74, 6) is 1.25. The molecule has 1 aromatic carbocycles. The first kappa shape index (κ1) is 13.7. The lowest BCUT2D eigenvalue weighted by atomic mass is 10.00. The predicted octanol–water partition coefficient (Wildman–Crippen LogP) is 2.75. The fraction of sp³-hybridized carbons (Fsp3) is 0.467. The fourth-order valence-corrected chi connectivity index (χ4v) is 1.87. The van der Waals surface area contributed by atoms with Crippen LogP contribution in [-0.4, -0.2) is 10.1 Å². The second kappa shape index (κ2) is 5.53. The van der Waals surface area contributed by atoms with E-state index in [0.29, 0.717) is 11.7 Å². The molecule has 2 aromatic rings. The SMILES string of the molecule is CCC(C)(N)c1noc(CCc2cccc(C)c2)n1. The summed E-state index contributed by atoms with van der Waals surface area (Å²) in [6, 6.07) is 8.45. The summed E-state index contributed by atoms with van der Waals surface area (Å²) in [6.45, 7) is 6.03. The van der Waals surface area contributed by atoms with Gasteiger partial charge in [-0.2, -0.15) is 4.98 Å². The highest BCUT2D eigenvalue weighted by molar-refractivity contribution is 5.22. The first-order chi connectivity index (χ1) is 9.01. The second-order valence-electron chi connectivity index (χ2n) is 5.27. The normalized spacial score (nSPS) is 14.3. The molecule has 1 heterocycles. The van der Waals surface area contributed by atoms with E-state index in [0.717, 1.165) is 19.3 Å². The van der Waals surface area contributed by atoms with Crippen molar-refractivity contribution in [3.63, 3.8) is 0 Å². The number of nitrogens with two attached hydrogens (primary N) is 1. The fourth-order valence-electron chi connectivity index (χ4n) is 1.87. The van der Waals surface area contributed by atoms with E-state index in [4.69, 9.17) is 10.3 Å². The molecular weight excluding hydrogens is 238 g/mol. The minimum Gasteiger partial charge on any atom is -0.339 e. The Morgan fingerprint density at radius 1 is 1.32 bits per heavy atom. The third kappa shape index (κ3) is 3.41. The molecule has 0 aliphatic rings. The molecule has 1 atom stereocenters. The summed E-state index contributed by atoms with van der Waals surface area (Å²) in [5, 5.41) is 3.98. The maximum atomic E-state index is 6.09. The molecule has 0 aliphatic carbocycles. The van der Waals surface area contributed by atoms with E-state index in [9.17, 15) is 0 Å². The zero-order chi connectivity index (χ0) is 13.9. The van der Waals surface area contributed by atoms with Gasteiger partial charge in [0.2, 0.25) is 5.89 Å². The Bertz CT molecular complexity index is 546. The van der Waals surface area contributed by atoms with Gasteiger partial charge < -0.3 is 10.3 Å². The molecule has 0 aliphatic heterocycles. The van der Waals surface area contributed by atoms with Gasteiger partial charge in [0, 0.05) is 6.42 Å². The highest BCUT2D eigenvalue weighted by atomic mass is 16.5. The number of benzene rings is 1. The van der Waals surface area contributed by atoms with Crippen molar-refractivity contribution < 1.29 is 4.52 Å². The topological polar surface area (TPSA) is 64.9 Å². The Kier molecular flexibility index (Phi) is 4.00. The van der Waals surface area contributed by atoms with Gasteiger partial charge >= 0.3 is 0 Å². The summed E-state index contributed by atoms with van der Waals surface area (Å²) in [7, 11) is 0. The minimum atomic E-state index is -0.509. The van der Waals surface area contributed by atoms with E-state index in [1.807, 2.05) is 13.8 Å². The zero-order valence-corrected chi connectivity index (χ0v) is 11.8. The number of nitrogens with zero attached hydrogens (tertiary/aromatic N) is 2. The van der Waals surface area contributed by atoms with Crippen LogP contribution in [0.3, 0.4) is 0 Å². The van der Waals surface area contributed by atoms with Crippen LogP contribution in [0.4, 0.5) is 0 Å². The first-order valence-electron chi connectivity index (χ1n) is 6.69. The van der Waals surface area contributed by atoms with Crippen LogP contribution < -0.4 is 5.73 Å². The lowest BCUT2D eigenvalue weighted by Crippen LogP contribution is -2.33. The number of aryl methyl sites for hydroxylation is 3. The van der Waals surface area contributed by atoms with Gasteiger partial charge in [-0.3, -0.25) is 0 Å². The van der Waals surface area contributed by atoms with Crippen LogP contribution >= 0.6 is 0 Å². The van der Waals surface area contributed by atoms with E-state index in [1.165, 1.54) is 11.1 Å². The van der Waals surface area contributed by atoms with Crippen LogP contribution in [0.2, 0.25) is 0 Å². The molecule has 1 unspecified atom stereocenters.